The van der Waals surface area contributed by atoms with E-state index in [4.69, 9.17) is 10.7 Å². The highest BCUT2D eigenvalue weighted by molar-refractivity contribution is 5.92. The zero-order valence-electron chi connectivity index (χ0n) is 18.3. The monoisotopic (exact) mass is 428 g/mol. The van der Waals surface area contributed by atoms with E-state index in [-0.39, 0.29) is 5.54 Å². The van der Waals surface area contributed by atoms with E-state index in [9.17, 15) is 0 Å². The molecule has 33 heavy (non-hydrogen) atoms. The van der Waals surface area contributed by atoms with Crippen LogP contribution in [0.1, 0.15) is 24.8 Å². The van der Waals surface area contributed by atoms with Crippen LogP contribution in [-0.2, 0) is 5.54 Å². The third-order valence-electron chi connectivity index (χ3n) is 6.72. The number of pyridine rings is 3. The highest BCUT2D eigenvalue weighted by atomic mass is 14.8. The molecule has 0 atom stereocenters. The smallest absolute Gasteiger partial charge is 0.0893 e. The van der Waals surface area contributed by atoms with E-state index in [1.54, 1.807) is 6.20 Å². The molecule has 0 aliphatic heterocycles. The van der Waals surface area contributed by atoms with Crippen LogP contribution >= 0.6 is 0 Å². The standard InChI is InChI=1S/C29H24N4/c30-29(13-5-14-29)24-11-9-21(10-12-24)28-25(20-6-2-1-3-7-20)16-23-17-26(32-19-27(23)33-28)22-8-4-15-31-18-22/h1-4,6-12,15-19H,5,13-14,30H2. The Morgan fingerprint density at radius 1 is 0.758 bits per heavy atom. The van der Waals surface area contributed by atoms with Crippen LogP contribution in [0.3, 0.4) is 0 Å². The Balaban J connectivity index is 1.50. The maximum atomic E-state index is 6.54. The van der Waals surface area contributed by atoms with E-state index in [2.05, 4.69) is 70.6 Å². The van der Waals surface area contributed by atoms with Gasteiger partial charge < -0.3 is 5.73 Å². The number of fused-ring (bicyclic) bond motifs is 1. The van der Waals surface area contributed by atoms with Crippen molar-refractivity contribution in [2.75, 3.05) is 0 Å². The van der Waals surface area contributed by atoms with Gasteiger partial charge in [-0.3, -0.25) is 9.97 Å². The molecule has 0 spiro atoms. The third-order valence-corrected chi connectivity index (χ3v) is 6.72. The van der Waals surface area contributed by atoms with E-state index in [1.807, 2.05) is 30.6 Å². The first-order valence-electron chi connectivity index (χ1n) is 11.4. The molecule has 0 unspecified atom stereocenters. The number of benzene rings is 2. The molecular formula is C29H24N4. The Bertz CT molecular complexity index is 1420. The molecule has 0 radical (unpaired) electrons. The van der Waals surface area contributed by atoms with Crippen molar-refractivity contribution in [3.63, 3.8) is 0 Å². The highest BCUT2D eigenvalue weighted by Crippen LogP contribution is 2.40. The Morgan fingerprint density at radius 2 is 1.55 bits per heavy atom. The van der Waals surface area contributed by atoms with Crippen molar-refractivity contribution in [2.24, 2.45) is 5.73 Å². The molecule has 1 aliphatic carbocycles. The molecule has 3 heterocycles. The molecule has 5 aromatic rings. The van der Waals surface area contributed by atoms with Gasteiger partial charge in [0, 0.05) is 40.0 Å². The molecule has 3 aromatic heterocycles. The quantitative estimate of drug-likeness (QED) is 0.361. The predicted octanol–water partition coefficient (Wildman–Crippen LogP) is 6.36. The average molecular weight is 429 g/mol. The molecule has 2 N–H and O–H groups in total. The zero-order chi connectivity index (χ0) is 22.3. The summed E-state index contributed by atoms with van der Waals surface area (Å²) in [6.45, 7) is 0. The van der Waals surface area contributed by atoms with Crippen LogP contribution in [0.4, 0.5) is 0 Å². The topological polar surface area (TPSA) is 64.7 Å². The normalized spacial score (nSPS) is 14.7. The van der Waals surface area contributed by atoms with E-state index >= 15 is 0 Å². The number of hydrogen-bond donors (Lipinski definition) is 1. The minimum absolute atomic E-state index is 0.162. The number of nitrogens with two attached hydrogens (primary N) is 1. The first-order valence-corrected chi connectivity index (χ1v) is 11.4. The molecule has 160 valence electrons. The molecular weight excluding hydrogens is 404 g/mol. The molecule has 0 amide bonds. The van der Waals surface area contributed by atoms with Crippen molar-refractivity contribution in [3.05, 3.63) is 103 Å². The van der Waals surface area contributed by atoms with Gasteiger partial charge in [-0.2, -0.15) is 0 Å². The summed E-state index contributed by atoms with van der Waals surface area (Å²) in [4.78, 5) is 14.0. The van der Waals surface area contributed by atoms with Crippen LogP contribution in [0.2, 0.25) is 0 Å². The van der Waals surface area contributed by atoms with Crippen molar-refractivity contribution in [2.45, 2.75) is 24.8 Å². The van der Waals surface area contributed by atoms with Gasteiger partial charge in [-0.15, -0.1) is 0 Å². The fourth-order valence-electron chi connectivity index (χ4n) is 4.61. The molecule has 0 saturated heterocycles. The van der Waals surface area contributed by atoms with Crippen LogP contribution < -0.4 is 5.73 Å². The van der Waals surface area contributed by atoms with Gasteiger partial charge in [-0.05, 0) is 54.7 Å². The average Bonchev–Trinajstić information content (AvgIpc) is 2.87. The fourth-order valence-corrected chi connectivity index (χ4v) is 4.61. The molecule has 4 heteroatoms. The van der Waals surface area contributed by atoms with E-state index in [1.165, 1.54) is 12.0 Å². The molecule has 1 saturated carbocycles. The minimum Gasteiger partial charge on any atom is -0.321 e. The lowest BCUT2D eigenvalue weighted by Gasteiger charge is -2.38. The highest BCUT2D eigenvalue weighted by Gasteiger charge is 2.34. The molecule has 1 fully saturated rings. The Labute approximate surface area is 193 Å². The summed E-state index contributed by atoms with van der Waals surface area (Å²) in [7, 11) is 0. The lowest BCUT2D eigenvalue weighted by Crippen LogP contribution is -2.43. The second kappa shape index (κ2) is 7.91. The summed E-state index contributed by atoms with van der Waals surface area (Å²) < 4.78 is 0. The van der Waals surface area contributed by atoms with Crippen molar-refractivity contribution < 1.29 is 0 Å². The summed E-state index contributed by atoms with van der Waals surface area (Å²) in [6.07, 6.45) is 8.78. The Hall–Kier alpha value is -3.89. The van der Waals surface area contributed by atoms with Crippen LogP contribution in [-0.4, -0.2) is 15.0 Å². The van der Waals surface area contributed by atoms with Gasteiger partial charge in [-0.1, -0.05) is 54.6 Å². The molecule has 4 nitrogen and oxygen atoms in total. The first kappa shape index (κ1) is 19.8. The molecule has 0 bridgehead atoms. The number of rotatable bonds is 4. The van der Waals surface area contributed by atoms with E-state index in [0.29, 0.717) is 0 Å². The van der Waals surface area contributed by atoms with Crippen LogP contribution in [0, 0.1) is 0 Å². The summed E-state index contributed by atoms with van der Waals surface area (Å²) in [6, 6.07) is 27.3. The zero-order valence-corrected chi connectivity index (χ0v) is 18.3. The van der Waals surface area contributed by atoms with E-state index in [0.717, 1.165) is 57.4 Å². The maximum Gasteiger partial charge on any atom is 0.0893 e. The summed E-state index contributed by atoms with van der Waals surface area (Å²) in [5.74, 6) is 0. The number of hydrogen-bond acceptors (Lipinski definition) is 4. The Morgan fingerprint density at radius 3 is 2.24 bits per heavy atom. The lowest BCUT2D eigenvalue weighted by molar-refractivity contribution is 0.253. The van der Waals surface area contributed by atoms with Gasteiger partial charge in [0.05, 0.1) is 23.1 Å². The summed E-state index contributed by atoms with van der Waals surface area (Å²) in [5, 5.41) is 1.05. The van der Waals surface area contributed by atoms with Crippen molar-refractivity contribution in [3.8, 4) is 33.6 Å². The fraction of sp³-hybridized carbons (Fsp3) is 0.138. The largest absolute Gasteiger partial charge is 0.321 e. The number of nitrogens with zero attached hydrogens (tertiary/aromatic N) is 3. The minimum atomic E-state index is -0.162. The van der Waals surface area contributed by atoms with Gasteiger partial charge >= 0.3 is 0 Å². The van der Waals surface area contributed by atoms with Crippen molar-refractivity contribution >= 4 is 10.9 Å². The second-order valence-electron chi connectivity index (χ2n) is 8.84. The van der Waals surface area contributed by atoms with Gasteiger partial charge in [0.25, 0.3) is 0 Å². The second-order valence-corrected chi connectivity index (χ2v) is 8.84. The third kappa shape index (κ3) is 3.59. The maximum absolute atomic E-state index is 6.54. The van der Waals surface area contributed by atoms with Gasteiger partial charge in [-0.25, -0.2) is 4.98 Å². The summed E-state index contributed by atoms with van der Waals surface area (Å²) >= 11 is 0. The van der Waals surface area contributed by atoms with Gasteiger partial charge in [0.2, 0.25) is 0 Å². The SMILES string of the molecule is NC1(c2ccc(-c3nc4cnc(-c5cccnc5)cc4cc3-c3ccccc3)cc2)CCC1. The van der Waals surface area contributed by atoms with Crippen LogP contribution in [0.5, 0.6) is 0 Å². The lowest BCUT2D eigenvalue weighted by atomic mass is 9.72. The van der Waals surface area contributed by atoms with Crippen LogP contribution in [0.15, 0.2) is 97.5 Å². The summed E-state index contributed by atoms with van der Waals surface area (Å²) in [5.41, 5.74) is 14.6. The van der Waals surface area contributed by atoms with Crippen LogP contribution in [0.25, 0.3) is 44.5 Å². The van der Waals surface area contributed by atoms with Gasteiger partial charge in [0.1, 0.15) is 0 Å². The number of aromatic nitrogens is 3. The molecule has 2 aromatic carbocycles. The van der Waals surface area contributed by atoms with E-state index < -0.39 is 0 Å². The Kier molecular flexibility index (Phi) is 4.74. The van der Waals surface area contributed by atoms with Crippen molar-refractivity contribution in [1.82, 2.24) is 15.0 Å². The first-order chi connectivity index (χ1) is 16.2. The molecule has 6 rings (SSSR count). The van der Waals surface area contributed by atoms with Gasteiger partial charge in [0.15, 0.2) is 0 Å². The predicted molar refractivity (Wildman–Crippen MR) is 133 cm³/mol. The molecule has 1 aliphatic rings. The van der Waals surface area contributed by atoms with Crippen molar-refractivity contribution in [1.29, 1.82) is 0 Å².